The van der Waals surface area contributed by atoms with E-state index < -0.39 is 0 Å². The summed E-state index contributed by atoms with van der Waals surface area (Å²) >= 11 is 2.68. The molecule has 142 valence electrons. The largest absolute Gasteiger partial charge is 0.411 e. The summed E-state index contributed by atoms with van der Waals surface area (Å²) in [6.07, 6.45) is 6.26. The van der Waals surface area contributed by atoms with Crippen LogP contribution in [0, 0.1) is 17.2 Å². The van der Waals surface area contributed by atoms with E-state index in [1.54, 1.807) is 18.5 Å². The van der Waals surface area contributed by atoms with E-state index in [4.69, 9.17) is 4.42 Å². The first-order valence-electron chi connectivity index (χ1n) is 8.85. The molecule has 0 aliphatic heterocycles. The number of pyridine rings is 1. The fourth-order valence-corrected chi connectivity index (χ4v) is 5.06. The van der Waals surface area contributed by atoms with Crippen LogP contribution in [-0.2, 0) is 17.6 Å². The van der Waals surface area contributed by atoms with Crippen LogP contribution in [0.1, 0.15) is 29.3 Å². The van der Waals surface area contributed by atoms with Crippen molar-refractivity contribution in [3.8, 4) is 17.5 Å². The minimum absolute atomic E-state index is 0.124. The second kappa shape index (κ2) is 8.12. The molecule has 0 spiro atoms. The Kier molecular flexibility index (Phi) is 5.41. The second-order valence-electron chi connectivity index (χ2n) is 6.62. The highest BCUT2D eigenvalue weighted by Crippen LogP contribution is 2.39. The number of carbonyl (C=O) groups is 1. The molecule has 0 unspecified atom stereocenters. The number of rotatable bonds is 5. The summed E-state index contributed by atoms with van der Waals surface area (Å²) in [5, 5.41) is 21.3. The third kappa shape index (κ3) is 3.93. The number of fused-ring (bicyclic) bond motifs is 1. The van der Waals surface area contributed by atoms with Gasteiger partial charge in [-0.15, -0.1) is 21.5 Å². The molecule has 3 aromatic rings. The van der Waals surface area contributed by atoms with Gasteiger partial charge in [0, 0.05) is 17.3 Å². The van der Waals surface area contributed by atoms with E-state index in [2.05, 4.69) is 33.5 Å². The van der Waals surface area contributed by atoms with Crippen LogP contribution in [0.2, 0.25) is 0 Å². The van der Waals surface area contributed by atoms with E-state index >= 15 is 0 Å². The summed E-state index contributed by atoms with van der Waals surface area (Å²) in [6, 6.07) is 5.87. The van der Waals surface area contributed by atoms with Gasteiger partial charge < -0.3 is 9.73 Å². The van der Waals surface area contributed by atoms with Crippen molar-refractivity contribution in [3.63, 3.8) is 0 Å². The normalized spacial score (nSPS) is 15.6. The Bertz CT molecular complexity index is 1040. The van der Waals surface area contributed by atoms with Crippen LogP contribution in [0.3, 0.4) is 0 Å². The van der Waals surface area contributed by atoms with Crippen LogP contribution in [0.5, 0.6) is 0 Å². The predicted molar refractivity (Wildman–Crippen MR) is 107 cm³/mol. The number of amides is 1. The topological polar surface area (TPSA) is 105 Å². The molecule has 0 bridgehead atoms. The average Bonchev–Trinajstić information content (AvgIpc) is 3.31. The van der Waals surface area contributed by atoms with Gasteiger partial charge in [0.25, 0.3) is 5.22 Å². The maximum absolute atomic E-state index is 12.4. The summed E-state index contributed by atoms with van der Waals surface area (Å²) in [7, 11) is 0. The molecule has 3 heterocycles. The van der Waals surface area contributed by atoms with E-state index in [-0.39, 0.29) is 11.7 Å². The molecule has 0 aromatic carbocycles. The molecule has 0 saturated heterocycles. The Morgan fingerprint density at radius 2 is 2.39 bits per heavy atom. The first-order chi connectivity index (χ1) is 13.6. The lowest BCUT2D eigenvalue weighted by Crippen LogP contribution is -2.14. The van der Waals surface area contributed by atoms with Gasteiger partial charge in [-0.05, 0) is 42.9 Å². The van der Waals surface area contributed by atoms with Crippen LogP contribution in [0.25, 0.3) is 11.5 Å². The Morgan fingerprint density at radius 3 is 3.18 bits per heavy atom. The maximum atomic E-state index is 12.4. The number of thiophene rings is 1. The van der Waals surface area contributed by atoms with Gasteiger partial charge in [0.05, 0.1) is 16.9 Å². The number of nitriles is 1. The molecule has 4 rings (SSSR count). The van der Waals surface area contributed by atoms with Crippen molar-refractivity contribution >= 4 is 34.0 Å². The van der Waals surface area contributed by atoms with Crippen molar-refractivity contribution in [2.75, 3.05) is 11.1 Å². The Morgan fingerprint density at radius 1 is 1.50 bits per heavy atom. The standard InChI is InChI=1S/C19H17N5O2S2/c1-11-4-5-13-14(8-20)18(28-15(13)7-11)22-16(25)10-27-19-24-23-17(26-19)12-3-2-6-21-9-12/h2-3,6,9,11H,4-5,7,10H2,1H3,(H,22,25)/t11-/m1/s1. The number of hydrogen-bond acceptors (Lipinski definition) is 8. The zero-order valence-electron chi connectivity index (χ0n) is 15.1. The molecule has 0 radical (unpaired) electrons. The number of anilines is 1. The van der Waals surface area contributed by atoms with Crippen molar-refractivity contribution in [1.29, 1.82) is 5.26 Å². The third-order valence-corrected chi connectivity index (χ3v) is 6.51. The van der Waals surface area contributed by atoms with Crippen LogP contribution in [-0.4, -0.2) is 26.8 Å². The van der Waals surface area contributed by atoms with Gasteiger partial charge in [0.1, 0.15) is 11.1 Å². The first kappa shape index (κ1) is 18.7. The molecule has 28 heavy (non-hydrogen) atoms. The van der Waals surface area contributed by atoms with Gasteiger partial charge in [-0.3, -0.25) is 9.78 Å². The van der Waals surface area contributed by atoms with E-state index in [0.717, 1.165) is 42.2 Å². The van der Waals surface area contributed by atoms with Crippen molar-refractivity contribution in [2.45, 2.75) is 31.4 Å². The number of nitrogens with zero attached hydrogens (tertiary/aromatic N) is 4. The van der Waals surface area contributed by atoms with E-state index in [1.165, 1.54) is 16.2 Å². The SMILES string of the molecule is C[C@@H]1CCc2c(sc(NC(=O)CSc3nnc(-c4cccnc4)o3)c2C#N)C1. The van der Waals surface area contributed by atoms with Crippen LogP contribution >= 0.6 is 23.1 Å². The second-order valence-corrected chi connectivity index (χ2v) is 8.65. The zero-order valence-corrected chi connectivity index (χ0v) is 16.8. The molecular weight excluding hydrogens is 394 g/mol. The molecule has 1 atom stereocenters. The van der Waals surface area contributed by atoms with Crippen LogP contribution in [0.15, 0.2) is 34.2 Å². The van der Waals surface area contributed by atoms with Gasteiger partial charge in [-0.25, -0.2) is 0 Å². The monoisotopic (exact) mass is 411 g/mol. The Labute approximate surface area is 170 Å². The number of nitrogens with one attached hydrogen (secondary N) is 1. The zero-order chi connectivity index (χ0) is 19.5. The van der Waals surface area contributed by atoms with E-state index in [1.807, 2.05) is 6.07 Å². The molecule has 9 heteroatoms. The highest BCUT2D eigenvalue weighted by molar-refractivity contribution is 7.99. The molecular formula is C19H17N5O2S2. The molecule has 1 N–H and O–H groups in total. The summed E-state index contributed by atoms with van der Waals surface area (Å²) < 4.78 is 5.56. The van der Waals surface area contributed by atoms with Gasteiger partial charge in [0.15, 0.2) is 0 Å². The quantitative estimate of drug-likeness (QED) is 0.634. The van der Waals surface area contributed by atoms with Crippen LogP contribution < -0.4 is 5.32 Å². The maximum Gasteiger partial charge on any atom is 0.277 e. The lowest BCUT2D eigenvalue weighted by atomic mass is 9.89. The summed E-state index contributed by atoms with van der Waals surface area (Å²) in [4.78, 5) is 17.6. The minimum atomic E-state index is -0.200. The lowest BCUT2D eigenvalue weighted by Gasteiger charge is -2.17. The summed E-state index contributed by atoms with van der Waals surface area (Å²) in [5.41, 5.74) is 2.44. The van der Waals surface area contributed by atoms with Crippen LogP contribution in [0.4, 0.5) is 5.00 Å². The predicted octanol–water partition coefficient (Wildman–Crippen LogP) is 3.92. The fraction of sp³-hybridized carbons (Fsp3) is 0.316. The fourth-order valence-electron chi connectivity index (χ4n) is 3.12. The summed E-state index contributed by atoms with van der Waals surface area (Å²) in [6.45, 7) is 2.22. The van der Waals surface area contributed by atoms with Gasteiger partial charge >= 0.3 is 0 Å². The van der Waals surface area contributed by atoms with Crippen molar-refractivity contribution < 1.29 is 9.21 Å². The van der Waals surface area contributed by atoms with E-state index in [0.29, 0.717) is 27.6 Å². The Hall–Kier alpha value is -2.70. The van der Waals surface area contributed by atoms with Gasteiger partial charge in [-0.1, -0.05) is 18.7 Å². The third-order valence-electron chi connectivity index (χ3n) is 4.52. The molecule has 1 aliphatic rings. The molecule has 0 fully saturated rings. The molecule has 1 aliphatic carbocycles. The number of thioether (sulfide) groups is 1. The minimum Gasteiger partial charge on any atom is -0.411 e. The molecule has 0 saturated carbocycles. The lowest BCUT2D eigenvalue weighted by molar-refractivity contribution is -0.113. The molecule has 3 aromatic heterocycles. The first-order valence-corrected chi connectivity index (χ1v) is 10.7. The number of aromatic nitrogens is 3. The number of hydrogen-bond donors (Lipinski definition) is 1. The number of carbonyl (C=O) groups excluding carboxylic acids is 1. The molecule has 7 nitrogen and oxygen atoms in total. The van der Waals surface area contributed by atoms with Crippen molar-refractivity contribution in [2.24, 2.45) is 5.92 Å². The van der Waals surface area contributed by atoms with Gasteiger partial charge in [0.2, 0.25) is 11.8 Å². The van der Waals surface area contributed by atoms with Gasteiger partial charge in [-0.2, -0.15) is 5.26 Å². The Balaban J connectivity index is 1.39. The average molecular weight is 412 g/mol. The smallest absolute Gasteiger partial charge is 0.277 e. The van der Waals surface area contributed by atoms with Crippen molar-refractivity contribution in [3.05, 3.63) is 40.5 Å². The molecule has 1 amide bonds. The highest BCUT2D eigenvalue weighted by atomic mass is 32.2. The van der Waals surface area contributed by atoms with Crippen molar-refractivity contribution in [1.82, 2.24) is 15.2 Å². The summed E-state index contributed by atoms with van der Waals surface area (Å²) in [5.74, 6) is 0.902. The highest BCUT2D eigenvalue weighted by Gasteiger charge is 2.24. The van der Waals surface area contributed by atoms with E-state index in [9.17, 15) is 10.1 Å².